The summed E-state index contributed by atoms with van der Waals surface area (Å²) in [6.45, 7) is 12.6. The summed E-state index contributed by atoms with van der Waals surface area (Å²) in [6.07, 6.45) is 0. The molecule has 1 heterocycles. The second kappa shape index (κ2) is 4.48. The quantitative estimate of drug-likeness (QED) is 0.752. The van der Waals surface area contributed by atoms with Crippen LogP contribution in [0, 0.1) is 0 Å². The van der Waals surface area contributed by atoms with E-state index in [1.165, 1.54) is 0 Å². The van der Waals surface area contributed by atoms with Gasteiger partial charge in [0.1, 0.15) is 5.71 Å². The second-order valence-corrected chi connectivity index (χ2v) is 6.93. The molecule has 3 heteroatoms. The van der Waals surface area contributed by atoms with Crippen LogP contribution in [0.25, 0.3) is 0 Å². The Labute approximate surface area is 115 Å². The molecule has 0 spiro atoms. The number of rotatable bonds is 0. The topological polar surface area (TPSA) is 36.8 Å². The smallest absolute Gasteiger partial charge is 0.152 e. The van der Waals surface area contributed by atoms with Gasteiger partial charge in [0.2, 0.25) is 0 Å². The summed E-state index contributed by atoms with van der Waals surface area (Å²) in [7, 11) is 0. The third-order valence-corrected chi connectivity index (χ3v) is 2.55. The van der Waals surface area contributed by atoms with E-state index in [2.05, 4.69) is 59.0 Å². The van der Waals surface area contributed by atoms with Gasteiger partial charge in [0.15, 0.2) is 5.84 Å². The normalized spacial score (nSPS) is 19.7. The SMILES string of the molecule is CC(C)(C)N=C1Nc2ccccc2C1=NC(C)(C)C. The van der Waals surface area contributed by atoms with Crippen LogP contribution in [0.2, 0.25) is 0 Å². The molecule has 1 aromatic carbocycles. The summed E-state index contributed by atoms with van der Waals surface area (Å²) in [5.74, 6) is 0.878. The van der Waals surface area contributed by atoms with Crippen LogP contribution >= 0.6 is 0 Å². The number of hydrogen-bond acceptors (Lipinski definition) is 2. The Kier molecular flexibility index (Phi) is 3.25. The third-order valence-electron chi connectivity index (χ3n) is 2.55. The average molecular weight is 257 g/mol. The zero-order valence-corrected chi connectivity index (χ0v) is 12.7. The standard InChI is InChI=1S/C16H23N3/c1-15(2,3)18-13-11-9-7-8-10-12(11)17-14(13)19-16(4,5)6/h7-10H,1-6H3,(H,17,18,19). The maximum Gasteiger partial charge on any atom is 0.152 e. The number of aliphatic imine (C=N–C) groups is 2. The number of benzene rings is 1. The molecule has 0 saturated heterocycles. The van der Waals surface area contributed by atoms with Gasteiger partial charge in [-0.05, 0) is 47.6 Å². The van der Waals surface area contributed by atoms with E-state index < -0.39 is 0 Å². The molecule has 3 nitrogen and oxygen atoms in total. The molecule has 0 saturated carbocycles. The Morgan fingerprint density at radius 3 is 2.00 bits per heavy atom. The third kappa shape index (κ3) is 3.43. The van der Waals surface area contributed by atoms with Crippen LogP contribution < -0.4 is 5.32 Å². The van der Waals surface area contributed by atoms with Crippen LogP contribution in [0.3, 0.4) is 0 Å². The number of nitrogens with one attached hydrogen (secondary N) is 1. The van der Waals surface area contributed by atoms with Crippen molar-refractivity contribution in [3.05, 3.63) is 29.8 Å². The van der Waals surface area contributed by atoms with Crippen LogP contribution in [-0.4, -0.2) is 22.6 Å². The Balaban J connectivity index is 2.55. The molecule has 0 aliphatic carbocycles. The van der Waals surface area contributed by atoms with Gasteiger partial charge < -0.3 is 5.32 Å². The predicted molar refractivity (Wildman–Crippen MR) is 83.5 cm³/mol. The number of hydrogen-bond donors (Lipinski definition) is 1. The molecule has 1 aromatic rings. The van der Waals surface area contributed by atoms with Crippen molar-refractivity contribution in [2.45, 2.75) is 52.6 Å². The first-order valence-electron chi connectivity index (χ1n) is 6.72. The van der Waals surface area contributed by atoms with E-state index in [0.29, 0.717) is 0 Å². The van der Waals surface area contributed by atoms with E-state index in [1.54, 1.807) is 0 Å². The van der Waals surface area contributed by atoms with Gasteiger partial charge in [-0.1, -0.05) is 18.2 Å². The Bertz CT molecular complexity index is 540. The molecule has 0 fully saturated rings. The van der Waals surface area contributed by atoms with Crippen molar-refractivity contribution in [2.75, 3.05) is 5.32 Å². The van der Waals surface area contributed by atoms with E-state index in [4.69, 9.17) is 9.98 Å². The summed E-state index contributed by atoms with van der Waals surface area (Å²) in [5.41, 5.74) is 2.96. The maximum absolute atomic E-state index is 4.84. The lowest BCUT2D eigenvalue weighted by molar-refractivity contribution is 0.580. The Hall–Kier alpha value is -1.64. The summed E-state index contributed by atoms with van der Waals surface area (Å²) < 4.78 is 0. The summed E-state index contributed by atoms with van der Waals surface area (Å²) in [5, 5.41) is 3.38. The van der Waals surface area contributed by atoms with Crippen LogP contribution in [-0.2, 0) is 0 Å². The predicted octanol–water partition coefficient (Wildman–Crippen LogP) is 3.90. The van der Waals surface area contributed by atoms with E-state index >= 15 is 0 Å². The minimum atomic E-state index is -0.122. The molecule has 0 unspecified atom stereocenters. The lowest BCUT2D eigenvalue weighted by atomic mass is 10.1. The van der Waals surface area contributed by atoms with Gasteiger partial charge in [0.05, 0.1) is 11.1 Å². The molecule has 102 valence electrons. The lowest BCUT2D eigenvalue weighted by Gasteiger charge is -2.17. The van der Waals surface area contributed by atoms with Gasteiger partial charge in [-0.25, -0.2) is 0 Å². The van der Waals surface area contributed by atoms with Crippen LogP contribution in [0.4, 0.5) is 5.69 Å². The fourth-order valence-electron chi connectivity index (χ4n) is 1.98. The molecule has 1 aliphatic heterocycles. The maximum atomic E-state index is 4.84. The number of para-hydroxylation sites is 1. The van der Waals surface area contributed by atoms with Crippen LogP contribution in [0.1, 0.15) is 47.1 Å². The number of fused-ring (bicyclic) bond motifs is 1. The molecule has 1 aliphatic rings. The van der Waals surface area contributed by atoms with Gasteiger partial charge in [-0.15, -0.1) is 0 Å². The van der Waals surface area contributed by atoms with Crippen molar-refractivity contribution in [3.8, 4) is 0 Å². The molecule has 0 amide bonds. The highest BCUT2D eigenvalue weighted by molar-refractivity contribution is 6.56. The molecule has 0 bridgehead atoms. The molecule has 19 heavy (non-hydrogen) atoms. The zero-order valence-electron chi connectivity index (χ0n) is 12.7. The molecule has 0 radical (unpaired) electrons. The number of anilines is 1. The fourth-order valence-corrected chi connectivity index (χ4v) is 1.98. The number of nitrogens with zero attached hydrogens (tertiary/aromatic N) is 2. The van der Waals surface area contributed by atoms with E-state index in [0.717, 1.165) is 22.8 Å². The minimum absolute atomic E-state index is 0.118. The molecule has 0 aromatic heterocycles. The number of amidine groups is 1. The van der Waals surface area contributed by atoms with Crippen LogP contribution in [0.15, 0.2) is 34.3 Å². The van der Waals surface area contributed by atoms with E-state index in [9.17, 15) is 0 Å². The molecular weight excluding hydrogens is 234 g/mol. The molecule has 1 N–H and O–H groups in total. The first-order chi connectivity index (χ1) is 8.66. The highest BCUT2D eigenvalue weighted by Gasteiger charge is 2.27. The zero-order chi connectivity index (χ0) is 14.3. The first-order valence-corrected chi connectivity index (χ1v) is 6.72. The largest absolute Gasteiger partial charge is 0.338 e. The Morgan fingerprint density at radius 2 is 1.42 bits per heavy atom. The van der Waals surface area contributed by atoms with Crippen molar-refractivity contribution >= 4 is 17.2 Å². The van der Waals surface area contributed by atoms with Crippen molar-refractivity contribution in [3.63, 3.8) is 0 Å². The first kappa shape index (κ1) is 13.8. The molecular formula is C16H23N3. The fraction of sp³-hybridized carbons (Fsp3) is 0.500. The van der Waals surface area contributed by atoms with Gasteiger partial charge in [-0.2, -0.15) is 0 Å². The molecule has 0 atom stereocenters. The highest BCUT2D eigenvalue weighted by atomic mass is 15.1. The highest BCUT2D eigenvalue weighted by Crippen LogP contribution is 2.26. The Morgan fingerprint density at radius 1 is 0.842 bits per heavy atom. The van der Waals surface area contributed by atoms with Gasteiger partial charge in [0.25, 0.3) is 0 Å². The van der Waals surface area contributed by atoms with Gasteiger partial charge in [0, 0.05) is 11.3 Å². The van der Waals surface area contributed by atoms with Crippen molar-refractivity contribution in [1.82, 2.24) is 0 Å². The van der Waals surface area contributed by atoms with Crippen LogP contribution in [0.5, 0.6) is 0 Å². The van der Waals surface area contributed by atoms with Crippen molar-refractivity contribution in [2.24, 2.45) is 9.98 Å². The monoisotopic (exact) mass is 257 g/mol. The molecule has 2 rings (SSSR count). The second-order valence-electron chi connectivity index (χ2n) is 6.93. The lowest BCUT2D eigenvalue weighted by Crippen LogP contribution is -2.25. The van der Waals surface area contributed by atoms with E-state index in [1.807, 2.05) is 12.1 Å². The van der Waals surface area contributed by atoms with Crippen molar-refractivity contribution in [1.29, 1.82) is 0 Å². The summed E-state index contributed by atoms with van der Waals surface area (Å²) >= 11 is 0. The minimum Gasteiger partial charge on any atom is -0.338 e. The van der Waals surface area contributed by atoms with Gasteiger partial charge in [-0.3, -0.25) is 9.98 Å². The average Bonchev–Trinajstić information content (AvgIpc) is 2.52. The van der Waals surface area contributed by atoms with E-state index in [-0.39, 0.29) is 11.1 Å². The summed E-state index contributed by atoms with van der Waals surface area (Å²) in [4.78, 5) is 9.60. The summed E-state index contributed by atoms with van der Waals surface area (Å²) in [6, 6.07) is 8.23. The van der Waals surface area contributed by atoms with Gasteiger partial charge >= 0.3 is 0 Å². The van der Waals surface area contributed by atoms with Crippen molar-refractivity contribution < 1.29 is 0 Å².